The molecule has 12 heavy (non-hydrogen) atoms. The largest absolute Gasteiger partial charge is 0.244 e. The molecule has 60 valence electrons. The summed E-state index contributed by atoms with van der Waals surface area (Å²) < 4.78 is 13.1. The molecule has 0 fully saturated rings. The van der Waals surface area contributed by atoms with E-state index < -0.39 is 0 Å². The van der Waals surface area contributed by atoms with Gasteiger partial charge in [0.15, 0.2) is 0 Å². The van der Waals surface area contributed by atoms with E-state index in [4.69, 9.17) is 11.6 Å². The molecule has 3 heteroatoms. The number of hydrogen-bond donors (Lipinski definition) is 0. The van der Waals surface area contributed by atoms with Crippen molar-refractivity contribution < 1.29 is 4.39 Å². The van der Waals surface area contributed by atoms with Crippen LogP contribution < -0.4 is 0 Å². The van der Waals surface area contributed by atoms with Gasteiger partial charge in [-0.15, -0.1) is 0 Å². The van der Waals surface area contributed by atoms with Crippen LogP contribution in [0.2, 0.25) is 5.15 Å². The van der Waals surface area contributed by atoms with E-state index in [0.717, 1.165) is 5.39 Å². The highest BCUT2D eigenvalue weighted by Gasteiger charge is 2.03. The van der Waals surface area contributed by atoms with Crippen LogP contribution in [0, 0.1) is 5.82 Å². The molecule has 0 saturated heterocycles. The number of benzene rings is 1. The van der Waals surface area contributed by atoms with Crippen LogP contribution in [0.3, 0.4) is 0 Å². The van der Waals surface area contributed by atoms with E-state index in [1.807, 2.05) is 0 Å². The van der Waals surface area contributed by atoms with Crippen molar-refractivity contribution in [2.24, 2.45) is 0 Å². The van der Waals surface area contributed by atoms with Crippen LogP contribution in [0.15, 0.2) is 30.5 Å². The number of halogens is 2. The molecule has 1 heterocycles. The minimum Gasteiger partial charge on any atom is -0.244 e. The molecule has 0 aliphatic heterocycles. The van der Waals surface area contributed by atoms with Gasteiger partial charge in [0, 0.05) is 6.20 Å². The highest BCUT2D eigenvalue weighted by atomic mass is 35.5. The van der Waals surface area contributed by atoms with E-state index in [-0.39, 0.29) is 11.0 Å². The molecule has 0 atom stereocenters. The van der Waals surface area contributed by atoms with E-state index in [2.05, 4.69) is 4.98 Å². The number of hydrogen-bond acceptors (Lipinski definition) is 1. The maximum atomic E-state index is 13.1. The molecular formula is C9H5ClFN. The van der Waals surface area contributed by atoms with E-state index in [9.17, 15) is 4.39 Å². The van der Waals surface area contributed by atoms with Gasteiger partial charge in [-0.05, 0) is 17.5 Å². The Morgan fingerprint density at radius 1 is 1.25 bits per heavy atom. The molecule has 1 aromatic heterocycles. The molecule has 0 aliphatic carbocycles. The van der Waals surface area contributed by atoms with Crippen molar-refractivity contribution in [3.8, 4) is 0 Å². The molecule has 2 aromatic rings. The summed E-state index contributed by atoms with van der Waals surface area (Å²) in [5, 5.41) is 1.38. The van der Waals surface area contributed by atoms with Gasteiger partial charge in [0.1, 0.15) is 11.0 Å². The molecule has 0 saturated carbocycles. The van der Waals surface area contributed by atoms with Gasteiger partial charge in [-0.1, -0.05) is 23.7 Å². The summed E-state index contributed by atoms with van der Waals surface area (Å²) in [4.78, 5) is 3.79. The average Bonchev–Trinajstić information content (AvgIpc) is 2.04. The van der Waals surface area contributed by atoms with Crippen molar-refractivity contribution in [3.63, 3.8) is 0 Å². The second-order valence-electron chi connectivity index (χ2n) is 2.44. The summed E-state index contributed by atoms with van der Waals surface area (Å²) in [6.07, 6.45) is 1.56. The first-order valence-corrected chi connectivity index (χ1v) is 3.85. The number of rotatable bonds is 0. The predicted molar refractivity (Wildman–Crippen MR) is 46.7 cm³/mol. The minimum absolute atomic E-state index is 0.214. The van der Waals surface area contributed by atoms with Crippen LogP contribution in [0.25, 0.3) is 10.8 Å². The van der Waals surface area contributed by atoms with Crippen LogP contribution in [0.1, 0.15) is 0 Å². The number of nitrogens with zero attached hydrogens (tertiary/aromatic N) is 1. The lowest BCUT2D eigenvalue weighted by atomic mass is 10.2. The van der Waals surface area contributed by atoms with Crippen LogP contribution in [-0.2, 0) is 0 Å². The molecular weight excluding hydrogens is 177 g/mol. The lowest BCUT2D eigenvalue weighted by Crippen LogP contribution is -1.82. The van der Waals surface area contributed by atoms with Crippen LogP contribution in [0.4, 0.5) is 4.39 Å². The Bertz CT molecular complexity index is 391. The zero-order chi connectivity index (χ0) is 8.55. The van der Waals surface area contributed by atoms with Crippen LogP contribution in [0.5, 0.6) is 0 Å². The SMILES string of the molecule is Fc1cccc2ccnc(Cl)c12. The molecule has 0 bridgehead atoms. The first-order chi connectivity index (χ1) is 5.79. The third kappa shape index (κ3) is 1.04. The van der Waals surface area contributed by atoms with Crippen molar-refractivity contribution in [3.05, 3.63) is 41.4 Å². The fourth-order valence-electron chi connectivity index (χ4n) is 1.14. The molecule has 0 spiro atoms. The summed E-state index contributed by atoms with van der Waals surface area (Å²) >= 11 is 5.71. The monoisotopic (exact) mass is 181 g/mol. The van der Waals surface area contributed by atoms with Crippen molar-refractivity contribution >= 4 is 22.4 Å². The maximum absolute atomic E-state index is 13.1. The second kappa shape index (κ2) is 2.72. The molecule has 2 rings (SSSR count). The number of pyridine rings is 1. The van der Waals surface area contributed by atoms with Crippen LogP contribution >= 0.6 is 11.6 Å². The first-order valence-electron chi connectivity index (χ1n) is 3.48. The summed E-state index contributed by atoms with van der Waals surface area (Å²) in [6.45, 7) is 0. The van der Waals surface area contributed by atoms with E-state index in [1.165, 1.54) is 6.07 Å². The smallest absolute Gasteiger partial charge is 0.139 e. The fourth-order valence-corrected chi connectivity index (χ4v) is 1.40. The molecule has 1 aromatic carbocycles. The quantitative estimate of drug-likeness (QED) is 0.570. The Morgan fingerprint density at radius 3 is 2.83 bits per heavy atom. The van der Waals surface area contributed by atoms with E-state index >= 15 is 0 Å². The molecule has 0 radical (unpaired) electrons. The third-order valence-electron chi connectivity index (χ3n) is 1.69. The summed E-state index contributed by atoms with van der Waals surface area (Å²) in [7, 11) is 0. The molecule has 0 unspecified atom stereocenters. The first kappa shape index (κ1) is 7.50. The Labute approximate surface area is 73.8 Å². The Kier molecular flexibility index (Phi) is 1.70. The normalized spacial score (nSPS) is 10.5. The van der Waals surface area contributed by atoms with Gasteiger partial charge in [0.2, 0.25) is 0 Å². The topological polar surface area (TPSA) is 12.9 Å². The molecule has 0 aliphatic rings. The van der Waals surface area contributed by atoms with Gasteiger partial charge in [0.05, 0.1) is 5.39 Å². The fraction of sp³-hybridized carbons (Fsp3) is 0. The lowest BCUT2D eigenvalue weighted by Gasteiger charge is -1.98. The second-order valence-corrected chi connectivity index (χ2v) is 2.80. The van der Waals surface area contributed by atoms with E-state index in [1.54, 1.807) is 24.4 Å². The number of aromatic nitrogens is 1. The van der Waals surface area contributed by atoms with Gasteiger partial charge in [0.25, 0.3) is 0 Å². The highest BCUT2D eigenvalue weighted by Crippen LogP contribution is 2.23. The maximum Gasteiger partial charge on any atom is 0.139 e. The standard InChI is InChI=1S/C9H5ClFN/c10-9-8-6(4-5-12-9)2-1-3-7(8)11/h1-5H. The summed E-state index contributed by atoms with van der Waals surface area (Å²) in [6, 6.07) is 6.54. The van der Waals surface area contributed by atoms with Gasteiger partial charge in [-0.2, -0.15) is 0 Å². The Hall–Kier alpha value is -1.15. The summed E-state index contributed by atoms with van der Waals surface area (Å²) in [5.74, 6) is -0.328. The Balaban J connectivity index is 2.96. The Morgan fingerprint density at radius 2 is 2.08 bits per heavy atom. The average molecular weight is 182 g/mol. The minimum atomic E-state index is -0.328. The van der Waals surface area contributed by atoms with Crippen molar-refractivity contribution in [1.29, 1.82) is 0 Å². The molecule has 0 N–H and O–H groups in total. The summed E-state index contributed by atoms with van der Waals surface area (Å²) in [5.41, 5.74) is 0. The zero-order valence-electron chi connectivity index (χ0n) is 6.09. The van der Waals surface area contributed by atoms with E-state index in [0.29, 0.717) is 5.39 Å². The van der Waals surface area contributed by atoms with Crippen molar-refractivity contribution in [2.75, 3.05) is 0 Å². The number of fused-ring (bicyclic) bond motifs is 1. The van der Waals surface area contributed by atoms with Gasteiger partial charge < -0.3 is 0 Å². The molecule has 0 amide bonds. The van der Waals surface area contributed by atoms with Crippen LogP contribution in [-0.4, -0.2) is 4.98 Å². The zero-order valence-corrected chi connectivity index (χ0v) is 6.85. The van der Waals surface area contributed by atoms with Crippen molar-refractivity contribution in [1.82, 2.24) is 4.98 Å². The highest BCUT2D eigenvalue weighted by molar-refractivity contribution is 6.34. The molecule has 1 nitrogen and oxygen atoms in total. The van der Waals surface area contributed by atoms with Gasteiger partial charge in [-0.25, -0.2) is 9.37 Å². The lowest BCUT2D eigenvalue weighted by molar-refractivity contribution is 0.639. The van der Waals surface area contributed by atoms with Crippen molar-refractivity contribution in [2.45, 2.75) is 0 Å². The predicted octanol–water partition coefficient (Wildman–Crippen LogP) is 3.03. The van der Waals surface area contributed by atoms with Gasteiger partial charge >= 0.3 is 0 Å². The van der Waals surface area contributed by atoms with Gasteiger partial charge in [-0.3, -0.25) is 0 Å². The third-order valence-corrected chi connectivity index (χ3v) is 1.98.